The van der Waals surface area contributed by atoms with E-state index in [4.69, 9.17) is 9.47 Å². The van der Waals surface area contributed by atoms with Crippen LogP contribution in [0.25, 0.3) is 0 Å². The van der Waals surface area contributed by atoms with E-state index in [2.05, 4.69) is 5.32 Å². The van der Waals surface area contributed by atoms with Gasteiger partial charge in [-0.15, -0.1) is 11.3 Å². The second-order valence-electron chi connectivity index (χ2n) is 6.87. The van der Waals surface area contributed by atoms with Gasteiger partial charge in [0, 0.05) is 25.6 Å². The fourth-order valence-electron chi connectivity index (χ4n) is 3.56. The van der Waals surface area contributed by atoms with Crippen molar-refractivity contribution in [1.29, 1.82) is 0 Å². The molecule has 0 saturated carbocycles. The van der Waals surface area contributed by atoms with Crippen molar-refractivity contribution in [2.45, 2.75) is 42.5 Å². The molecule has 0 unspecified atom stereocenters. The van der Waals surface area contributed by atoms with Gasteiger partial charge in [-0.05, 0) is 42.0 Å². The van der Waals surface area contributed by atoms with Crippen molar-refractivity contribution >= 4 is 27.3 Å². The van der Waals surface area contributed by atoms with Gasteiger partial charge in [-0.1, -0.05) is 18.6 Å². The SMILES string of the molecule is O=C(C[C@H]1CCCCN1S(=O)(=O)c1cccs1)NCc1ccc2c(c1)OCO2. The first kappa shape index (κ1) is 19.2. The van der Waals surface area contributed by atoms with Crippen molar-refractivity contribution in [2.75, 3.05) is 13.3 Å². The molecule has 4 rings (SSSR count). The van der Waals surface area contributed by atoms with Crippen LogP contribution in [0.3, 0.4) is 0 Å². The van der Waals surface area contributed by atoms with Crippen LogP contribution in [0.4, 0.5) is 0 Å². The summed E-state index contributed by atoms with van der Waals surface area (Å²) in [4.78, 5) is 12.5. The molecule has 2 aliphatic heterocycles. The van der Waals surface area contributed by atoms with Gasteiger partial charge in [0.25, 0.3) is 10.0 Å². The molecule has 1 aromatic heterocycles. The molecule has 150 valence electrons. The number of carbonyl (C=O) groups excluding carboxylic acids is 1. The third-order valence-corrected chi connectivity index (χ3v) is 8.30. The number of nitrogens with one attached hydrogen (secondary N) is 1. The maximum Gasteiger partial charge on any atom is 0.252 e. The number of thiophene rings is 1. The monoisotopic (exact) mass is 422 g/mol. The molecule has 9 heteroatoms. The number of benzene rings is 1. The second-order valence-corrected chi connectivity index (χ2v) is 9.93. The van der Waals surface area contributed by atoms with Crippen molar-refractivity contribution in [1.82, 2.24) is 9.62 Å². The minimum atomic E-state index is -3.55. The van der Waals surface area contributed by atoms with Crippen LogP contribution in [0.5, 0.6) is 11.5 Å². The summed E-state index contributed by atoms with van der Waals surface area (Å²) in [6, 6.07) is 8.58. The molecule has 2 aliphatic rings. The zero-order valence-corrected chi connectivity index (χ0v) is 16.9. The van der Waals surface area contributed by atoms with E-state index in [0.717, 1.165) is 18.4 Å². The molecule has 0 bridgehead atoms. The number of hydrogen-bond acceptors (Lipinski definition) is 6. The Hall–Kier alpha value is -2.10. The van der Waals surface area contributed by atoms with Crippen molar-refractivity contribution in [3.63, 3.8) is 0 Å². The molecule has 1 N–H and O–H groups in total. The van der Waals surface area contributed by atoms with Crippen LogP contribution in [0.15, 0.2) is 39.9 Å². The number of carbonyl (C=O) groups is 1. The van der Waals surface area contributed by atoms with E-state index in [0.29, 0.717) is 35.2 Å². The Morgan fingerprint density at radius 3 is 2.89 bits per heavy atom. The molecule has 1 fully saturated rings. The zero-order chi connectivity index (χ0) is 19.6. The van der Waals surface area contributed by atoms with Crippen molar-refractivity contribution in [2.24, 2.45) is 0 Å². The van der Waals surface area contributed by atoms with E-state index in [1.807, 2.05) is 18.2 Å². The van der Waals surface area contributed by atoms with Gasteiger partial charge in [-0.2, -0.15) is 4.31 Å². The smallest absolute Gasteiger partial charge is 0.252 e. The molecule has 0 spiro atoms. The number of rotatable bonds is 6. The highest BCUT2D eigenvalue weighted by molar-refractivity contribution is 7.91. The summed E-state index contributed by atoms with van der Waals surface area (Å²) in [5.41, 5.74) is 0.907. The standard InChI is InChI=1S/C19H22N2O5S2/c22-18(20-12-14-6-7-16-17(10-14)26-13-25-16)11-15-4-1-2-8-21(15)28(23,24)19-5-3-9-27-19/h3,5-7,9-10,15H,1-2,4,8,11-13H2,(H,20,22)/t15-/m1/s1. The lowest BCUT2D eigenvalue weighted by Gasteiger charge is -2.34. The third-order valence-electron chi connectivity index (χ3n) is 4.98. The summed E-state index contributed by atoms with van der Waals surface area (Å²) in [6.45, 7) is 1.03. The molecule has 1 aromatic carbocycles. The van der Waals surface area contributed by atoms with E-state index in [-0.39, 0.29) is 25.2 Å². The highest BCUT2D eigenvalue weighted by Gasteiger charge is 2.35. The number of piperidine rings is 1. The van der Waals surface area contributed by atoms with Crippen molar-refractivity contribution in [3.8, 4) is 11.5 Å². The summed E-state index contributed by atoms with van der Waals surface area (Å²) < 4.78 is 38.3. The third kappa shape index (κ3) is 4.01. The molecular formula is C19H22N2O5S2. The first-order valence-corrected chi connectivity index (χ1v) is 11.6. The quantitative estimate of drug-likeness (QED) is 0.774. The predicted octanol–water partition coefficient (Wildman–Crippen LogP) is 2.73. The molecule has 7 nitrogen and oxygen atoms in total. The van der Waals surface area contributed by atoms with Gasteiger partial charge in [-0.25, -0.2) is 8.42 Å². The van der Waals surface area contributed by atoms with Crippen LogP contribution in [0.1, 0.15) is 31.2 Å². The number of fused-ring (bicyclic) bond motifs is 1. The van der Waals surface area contributed by atoms with Gasteiger partial charge in [0.1, 0.15) is 4.21 Å². The van der Waals surface area contributed by atoms with Crippen LogP contribution in [-0.2, 0) is 21.4 Å². The van der Waals surface area contributed by atoms with Gasteiger partial charge < -0.3 is 14.8 Å². The number of nitrogens with zero attached hydrogens (tertiary/aromatic N) is 1. The number of hydrogen-bond donors (Lipinski definition) is 1. The minimum absolute atomic E-state index is 0.157. The van der Waals surface area contributed by atoms with Crippen molar-refractivity contribution in [3.05, 3.63) is 41.3 Å². The van der Waals surface area contributed by atoms with E-state index in [1.54, 1.807) is 17.5 Å². The molecule has 28 heavy (non-hydrogen) atoms. The molecule has 0 radical (unpaired) electrons. The number of amides is 1. The fourth-order valence-corrected chi connectivity index (χ4v) is 6.37. The minimum Gasteiger partial charge on any atom is -0.454 e. The molecule has 1 atom stereocenters. The zero-order valence-electron chi connectivity index (χ0n) is 15.3. The van der Waals surface area contributed by atoms with E-state index in [9.17, 15) is 13.2 Å². The van der Waals surface area contributed by atoms with E-state index < -0.39 is 10.0 Å². The number of ether oxygens (including phenoxy) is 2. The maximum absolute atomic E-state index is 12.9. The molecule has 2 aromatic rings. The molecular weight excluding hydrogens is 400 g/mol. The Morgan fingerprint density at radius 2 is 2.07 bits per heavy atom. The Labute approximate surface area is 168 Å². The van der Waals surface area contributed by atoms with Crippen molar-refractivity contribution < 1.29 is 22.7 Å². The largest absolute Gasteiger partial charge is 0.454 e. The second kappa shape index (κ2) is 8.10. The van der Waals surface area contributed by atoms with Gasteiger partial charge in [0.05, 0.1) is 0 Å². The molecule has 3 heterocycles. The summed E-state index contributed by atoms with van der Waals surface area (Å²) in [6.07, 6.45) is 2.60. The lowest BCUT2D eigenvalue weighted by Crippen LogP contribution is -2.45. The summed E-state index contributed by atoms with van der Waals surface area (Å²) in [7, 11) is -3.55. The van der Waals surface area contributed by atoms with E-state index >= 15 is 0 Å². The highest BCUT2D eigenvalue weighted by Crippen LogP contribution is 2.32. The Bertz CT molecular complexity index is 943. The summed E-state index contributed by atoms with van der Waals surface area (Å²) in [5, 5.41) is 4.64. The van der Waals surface area contributed by atoms with Crippen LogP contribution < -0.4 is 14.8 Å². The van der Waals surface area contributed by atoms with Gasteiger partial charge in [0.15, 0.2) is 11.5 Å². The topological polar surface area (TPSA) is 84.9 Å². The average molecular weight is 423 g/mol. The summed E-state index contributed by atoms with van der Waals surface area (Å²) in [5.74, 6) is 1.22. The lowest BCUT2D eigenvalue weighted by molar-refractivity contribution is -0.122. The van der Waals surface area contributed by atoms with Crippen LogP contribution >= 0.6 is 11.3 Å². The Balaban J connectivity index is 1.38. The molecule has 1 amide bonds. The first-order chi connectivity index (χ1) is 13.5. The molecule has 0 aliphatic carbocycles. The maximum atomic E-state index is 12.9. The van der Waals surface area contributed by atoms with Crippen LogP contribution in [-0.4, -0.2) is 38.0 Å². The van der Waals surface area contributed by atoms with Crippen LogP contribution in [0.2, 0.25) is 0 Å². The van der Waals surface area contributed by atoms with Gasteiger partial charge in [-0.3, -0.25) is 4.79 Å². The number of sulfonamides is 1. The summed E-state index contributed by atoms with van der Waals surface area (Å²) >= 11 is 1.21. The van der Waals surface area contributed by atoms with E-state index in [1.165, 1.54) is 15.6 Å². The van der Waals surface area contributed by atoms with Gasteiger partial charge in [0.2, 0.25) is 12.7 Å². The first-order valence-electron chi connectivity index (χ1n) is 9.24. The predicted molar refractivity (Wildman–Crippen MR) is 105 cm³/mol. The Kier molecular flexibility index (Phi) is 5.56. The lowest BCUT2D eigenvalue weighted by atomic mass is 10.0. The van der Waals surface area contributed by atoms with Crippen LogP contribution in [0, 0.1) is 0 Å². The average Bonchev–Trinajstić information content (AvgIpc) is 3.38. The fraction of sp³-hybridized carbons (Fsp3) is 0.421. The normalized spacial score (nSPS) is 19.5. The Morgan fingerprint density at radius 1 is 1.21 bits per heavy atom. The molecule has 1 saturated heterocycles. The highest BCUT2D eigenvalue weighted by atomic mass is 32.2. The van der Waals surface area contributed by atoms with Gasteiger partial charge >= 0.3 is 0 Å².